The van der Waals surface area contributed by atoms with Crippen molar-refractivity contribution >= 4 is 11.9 Å². The molecule has 104 valence electrons. The standard InChI is InChI=1S/C14H15N3O3/c15-7-10-3-1-9(2-4-10)5-12(14(19)20)17-8-11(16)6-13(17)18/h1-4,11-12H,5-6,8,16H2,(H,19,20)/t11?,12-/m0/s1. The number of carboxylic acid groups (broad SMARTS) is 1. The van der Waals surface area contributed by atoms with Crippen molar-refractivity contribution in [3.05, 3.63) is 35.4 Å². The van der Waals surface area contributed by atoms with Gasteiger partial charge in [-0.2, -0.15) is 5.26 Å². The van der Waals surface area contributed by atoms with Crippen LogP contribution >= 0.6 is 0 Å². The fourth-order valence-electron chi connectivity index (χ4n) is 2.33. The van der Waals surface area contributed by atoms with Gasteiger partial charge in [0.05, 0.1) is 11.6 Å². The zero-order chi connectivity index (χ0) is 14.7. The molecule has 0 bridgehead atoms. The number of likely N-dealkylation sites (tertiary alicyclic amines) is 1. The van der Waals surface area contributed by atoms with E-state index in [9.17, 15) is 14.7 Å². The number of benzene rings is 1. The fourth-order valence-corrected chi connectivity index (χ4v) is 2.33. The quantitative estimate of drug-likeness (QED) is 0.809. The van der Waals surface area contributed by atoms with Crippen molar-refractivity contribution in [1.82, 2.24) is 4.90 Å². The third kappa shape index (κ3) is 2.95. The minimum atomic E-state index is -1.04. The summed E-state index contributed by atoms with van der Waals surface area (Å²) in [5.74, 6) is -1.27. The summed E-state index contributed by atoms with van der Waals surface area (Å²) in [5.41, 5.74) is 6.98. The van der Waals surface area contributed by atoms with Crippen LogP contribution in [0.25, 0.3) is 0 Å². The molecule has 20 heavy (non-hydrogen) atoms. The van der Waals surface area contributed by atoms with Crippen LogP contribution in [-0.4, -0.2) is 40.5 Å². The summed E-state index contributed by atoms with van der Waals surface area (Å²) < 4.78 is 0. The van der Waals surface area contributed by atoms with Gasteiger partial charge in [-0.1, -0.05) is 12.1 Å². The molecule has 2 atom stereocenters. The van der Waals surface area contributed by atoms with E-state index in [0.29, 0.717) is 5.56 Å². The number of hydrogen-bond acceptors (Lipinski definition) is 4. The number of nitrogens with two attached hydrogens (primary N) is 1. The molecule has 1 fully saturated rings. The van der Waals surface area contributed by atoms with Gasteiger partial charge < -0.3 is 15.7 Å². The largest absolute Gasteiger partial charge is 0.480 e. The first-order valence-electron chi connectivity index (χ1n) is 6.28. The van der Waals surface area contributed by atoms with Crippen molar-refractivity contribution in [1.29, 1.82) is 5.26 Å². The molecule has 1 aliphatic rings. The Labute approximate surface area is 116 Å². The average Bonchev–Trinajstić information content (AvgIpc) is 2.75. The van der Waals surface area contributed by atoms with Crippen molar-refractivity contribution < 1.29 is 14.7 Å². The second-order valence-electron chi connectivity index (χ2n) is 4.88. The highest BCUT2D eigenvalue weighted by molar-refractivity contribution is 5.85. The minimum Gasteiger partial charge on any atom is -0.480 e. The molecule has 1 aromatic rings. The smallest absolute Gasteiger partial charge is 0.326 e. The number of hydrogen-bond donors (Lipinski definition) is 2. The lowest BCUT2D eigenvalue weighted by atomic mass is 10.0. The third-order valence-corrected chi connectivity index (χ3v) is 3.36. The molecule has 6 heteroatoms. The van der Waals surface area contributed by atoms with Crippen molar-refractivity contribution in [2.24, 2.45) is 5.73 Å². The lowest BCUT2D eigenvalue weighted by Crippen LogP contribution is -2.44. The maximum absolute atomic E-state index is 11.8. The van der Waals surface area contributed by atoms with Crippen LogP contribution in [0.4, 0.5) is 0 Å². The minimum absolute atomic E-state index is 0.192. The summed E-state index contributed by atoms with van der Waals surface area (Å²) in [6, 6.07) is 7.46. The molecule has 0 radical (unpaired) electrons. The summed E-state index contributed by atoms with van der Waals surface area (Å²) in [6.45, 7) is 0.270. The highest BCUT2D eigenvalue weighted by Crippen LogP contribution is 2.17. The number of carbonyl (C=O) groups is 2. The van der Waals surface area contributed by atoms with Gasteiger partial charge in [-0.05, 0) is 17.7 Å². The zero-order valence-corrected chi connectivity index (χ0v) is 10.8. The van der Waals surface area contributed by atoms with Crippen LogP contribution in [0.15, 0.2) is 24.3 Å². The number of rotatable bonds is 4. The van der Waals surface area contributed by atoms with Gasteiger partial charge in [-0.3, -0.25) is 4.79 Å². The molecule has 1 heterocycles. The van der Waals surface area contributed by atoms with Gasteiger partial charge in [0.2, 0.25) is 5.91 Å². The normalized spacial score (nSPS) is 19.7. The number of amides is 1. The monoisotopic (exact) mass is 273 g/mol. The molecule has 1 saturated heterocycles. The van der Waals surface area contributed by atoms with Crippen molar-refractivity contribution in [3.63, 3.8) is 0 Å². The maximum atomic E-state index is 11.8. The highest BCUT2D eigenvalue weighted by Gasteiger charge is 2.36. The molecule has 0 saturated carbocycles. The Kier molecular flexibility index (Phi) is 4.01. The van der Waals surface area contributed by atoms with E-state index >= 15 is 0 Å². The van der Waals surface area contributed by atoms with Crippen LogP contribution in [0.2, 0.25) is 0 Å². The van der Waals surface area contributed by atoms with Crippen LogP contribution in [0.3, 0.4) is 0 Å². The van der Waals surface area contributed by atoms with E-state index in [0.717, 1.165) is 5.56 Å². The molecule has 1 aliphatic heterocycles. The summed E-state index contributed by atoms with van der Waals surface area (Å²) >= 11 is 0. The lowest BCUT2D eigenvalue weighted by molar-refractivity contribution is -0.148. The molecule has 1 aromatic carbocycles. The van der Waals surface area contributed by atoms with E-state index in [4.69, 9.17) is 11.0 Å². The van der Waals surface area contributed by atoms with Crippen LogP contribution in [0, 0.1) is 11.3 Å². The first-order valence-corrected chi connectivity index (χ1v) is 6.28. The molecule has 0 spiro atoms. The summed E-state index contributed by atoms with van der Waals surface area (Å²) in [4.78, 5) is 24.5. The first-order chi connectivity index (χ1) is 9.51. The predicted molar refractivity (Wildman–Crippen MR) is 70.6 cm³/mol. The van der Waals surface area contributed by atoms with Gasteiger partial charge in [0, 0.05) is 25.4 Å². The number of nitrogens with zero attached hydrogens (tertiary/aromatic N) is 2. The van der Waals surface area contributed by atoms with Crippen LogP contribution < -0.4 is 5.73 Å². The Morgan fingerprint density at radius 3 is 2.60 bits per heavy atom. The molecule has 1 unspecified atom stereocenters. The van der Waals surface area contributed by atoms with E-state index in [-0.39, 0.29) is 31.3 Å². The highest BCUT2D eigenvalue weighted by atomic mass is 16.4. The third-order valence-electron chi connectivity index (χ3n) is 3.36. The number of carboxylic acids is 1. The van der Waals surface area contributed by atoms with Crippen molar-refractivity contribution in [3.8, 4) is 6.07 Å². The number of carbonyl (C=O) groups excluding carboxylic acids is 1. The molecule has 3 N–H and O–H groups in total. The van der Waals surface area contributed by atoms with Crippen LogP contribution in [0.1, 0.15) is 17.5 Å². The molecule has 6 nitrogen and oxygen atoms in total. The molecular formula is C14H15N3O3. The first kappa shape index (κ1) is 14.0. The molecule has 1 amide bonds. The zero-order valence-electron chi connectivity index (χ0n) is 10.8. The van der Waals surface area contributed by atoms with Crippen molar-refractivity contribution in [2.45, 2.75) is 24.9 Å². The Balaban J connectivity index is 2.15. The number of aliphatic carboxylic acids is 1. The molecule has 0 aromatic heterocycles. The topological polar surface area (TPSA) is 107 Å². The molecule has 2 rings (SSSR count). The van der Waals surface area contributed by atoms with Crippen molar-refractivity contribution in [2.75, 3.05) is 6.54 Å². The Bertz CT molecular complexity index is 562. The fraction of sp³-hybridized carbons (Fsp3) is 0.357. The van der Waals surface area contributed by atoms with Gasteiger partial charge in [0.15, 0.2) is 0 Å². The van der Waals surface area contributed by atoms with Gasteiger partial charge in [0.25, 0.3) is 0 Å². The van der Waals surface area contributed by atoms with Gasteiger partial charge in [-0.25, -0.2) is 4.79 Å². The van der Waals surface area contributed by atoms with E-state index < -0.39 is 12.0 Å². The van der Waals surface area contributed by atoms with Gasteiger partial charge in [0.1, 0.15) is 6.04 Å². The second-order valence-corrected chi connectivity index (χ2v) is 4.88. The van der Waals surface area contributed by atoms with E-state index in [1.165, 1.54) is 4.90 Å². The summed E-state index contributed by atoms with van der Waals surface area (Å²) in [6.07, 6.45) is 0.399. The van der Waals surface area contributed by atoms with E-state index in [1.54, 1.807) is 24.3 Å². The Morgan fingerprint density at radius 1 is 1.50 bits per heavy atom. The Morgan fingerprint density at radius 2 is 2.15 bits per heavy atom. The lowest BCUT2D eigenvalue weighted by Gasteiger charge is -2.24. The number of nitriles is 1. The van der Waals surface area contributed by atoms with Gasteiger partial charge >= 0.3 is 5.97 Å². The molecule has 0 aliphatic carbocycles. The van der Waals surface area contributed by atoms with Crippen LogP contribution in [0.5, 0.6) is 0 Å². The second kappa shape index (κ2) is 5.72. The van der Waals surface area contributed by atoms with Gasteiger partial charge in [-0.15, -0.1) is 0 Å². The Hall–Kier alpha value is -2.39. The molecular weight excluding hydrogens is 258 g/mol. The van der Waals surface area contributed by atoms with Crippen LogP contribution in [-0.2, 0) is 16.0 Å². The maximum Gasteiger partial charge on any atom is 0.326 e. The predicted octanol–water partition coefficient (Wildman–Crippen LogP) is 0.114. The van der Waals surface area contributed by atoms with E-state index in [2.05, 4.69) is 0 Å². The summed E-state index contributed by atoms with van der Waals surface area (Å²) in [7, 11) is 0. The SMILES string of the molecule is N#Cc1ccc(C[C@@H](C(=O)O)N2CC(N)CC2=O)cc1. The summed E-state index contributed by atoms with van der Waals surface area (Å²) in [5, 5.41) is 18.0. The van der Waals surface area contributed by atoms with E-state index in [1.807, 2.05) is 6.07 Å². The average molecular weight is 273 g/mol.